The van der Waals surface area contributed by atoms with Gasteiger partial charge in [-0.3, -0.25) is 0 Å². The fourth-order valence-corrected chi connectivity index (χ4v) is 3.15. The van der Waals surface area contributed by atoms with E-state index in [1.54, 1.807) is 16.8 Å². The van der Waals surface area contributed by atoms with E-state index in [-0.39, 0.29) is 0 Å². The minimum absolute atomic E-state index is 0.620. The first kappa shape index (κ1) is 11.8. The molecule has 1 heterocycles. The summed E-state index contributed by atoms with van der Waals surface area (Å²) in [5, 5.41) is 12.4. The van der Waals surface area contributed by atoms with Gasteiger partial charge in [0.25, 0.3) is 0 Å². The lowest BCUT2D eigenvalue weighted by molar-refractivity contribution is 0.422. The lowest BCUT2D eigenvalue weighted by atomic mass is 9.95. The summed E-state index contributed by atoms with van der Waals surface area (Å²) in [6.07, 6.45) is 9.49. The third kappa shape index (κ3) is 3.44. The molecule has 4 heteroatoms. The van der Waals surface area contributed by atoms with E-state index in [4.69, 9.17) is 0 Å². The normalized spacial score (nSPS) is 26.3. The molecule has 0 aliphatic heterocycles. The van der Waals surface area contributed by atoms with Crippen LogP contribution in [0.15, 0.2) is 5.51 Å². The minimum Gasteiger partial charge on any atom is -0.357 e. The summed E-state index contributed by atoms with van der Waals surface area (Å²) in [7, 11) is 0. The first-order chi connectivity index (χ1) is 7.88. The van der Waals surface area contributed by atoms with Crippen molar-refractivity contribution in [3.63, 3.8) is 0 Å². The second-order valence-electron chi connectivity index (χ2n) is 4.75. The van der Waals surface area contributed by atoms with Crippen LogP contribution in [-0.2, 0) is 0 Å². The number of rotatable bonds is 4. The number of anilines is 1. The quantitative estimate of drug-likeness (QED) is 0.814. The molecule has 1 aromatic heterocycles. The molecule has 1 aliphatic carbocycles. The Kier molecular flexibility index (Phi) is 4.57. The summed E-state index contributed by atoms with van der Waals surface area (Å²) in [5.74, 6) is 0.964. The Morgan fingerprint density at radius 2 is 2.31 bits per heavy atom. The average Bonchev–Trinajstić information content (AvgIpc) is 2.68. The highest BCUT2D eigenvalue weighted by atomic mass is 32.1. The van der Waals surface area contributed by atoms with E-state index in [2.05, 4.69) is 22.4 Å². The molecule has 0 saturated heterocycles. The van der Waals surface area contributed by atoms with Crippen LogP contribution < -0.4 is 5.32 Å². The van der Waals surface area contributed by atoms with Crippen LogP contribution in [0.4, 0.5) is 5.13 Å². The highest BCUT2D eigenvalue weighted by Crippen LogP contribution is 2.28. The van der Waals surface area contributed by atoms with Crippen molar-refractivity contribution in [2.24, 2.45) is 5.92 Å². The molecule has 2 rings (SSSR count). The van der Waals surface area contributed by atoms with Crippen LogP contribution in [0.5, 0.6) is 0 Å². The van der Waals surface area contributed by atoms with Gasteiger partial charge in [-0.1, -0.05) is 43.9 Å². The van der Waals surface area contributed by atoms with Crippen LogP contribution in [0.25, 0.3) is 0 Å². The van der Waals surface area contributed by atoms with E-state index in [1.165, 1.54) is 44.9 Å². The topological polar surface area (TPSA) is 37.8 Å². The first-order valence-electron chi connectivity index (χ1n) is 6.41. The average molecular weight is 239 g/mol. The van der Waals surface area contributed by atoms with Gasteiger partial charge in [0.15, 0.2) is 0 Å². The van der Waals surface area contributed by atoms with Crippen molar-refractivity contribution < 1.29 is 0 Å². The Morgan fingerprint density at radius 1 is 1.38 bits per heavy atom. The fourth-order valence-electron chi connectivity index (χ4n) is 2.63. The first-order valence-corrected chi connectivity index (χ1v) is 7.29. The molecule has 16 heavy (non-hydrogen) atoms. The van der Waals surface area contributed by atoms with Crippen LogP contribution in [0.1, 0.15) is 51.9 Å². The van der Waals surface area contributed by atoms with Gasteiger partial charge in [-0.25, -0.2) is 0 Å². The van der Waals surface area contributed by atoms with Crippen molar-refractivity contribution in [3.05, 3.63) is 5.51 Å². The third-order valence-electron chi connectivity index (χ3n) is 3.47. The molecule has 0 spiro atoms. The van der Waals surface area contributed by atoms with Crippen molar-refractivity contribution in [2.75, 3.05) is 5.32 Å². The smallest absolute Gasteiger partial charge is 0.205 e. The van der Waals surface area contributed by atoms with E-state index in [9.17, 15) is 0 Å². The van der Waals surface area contributed by atoms with Gasteiger partial charge in [-0.15, -0.1) is 10.2 Å². The molecule has 1 fully saturated rings. The van der Waals surface area contributed by atoms with Crippen LogP contribution >= 0.6 is 11.3 Å². The maximum atomic E-state index is 4.05. The number of nitrogens with zero attached hydrogens (tertiary/aromatic N) is 2. The summed E-state index contributed by atoms with van der Waals surface area (Å²) in [4.78, 5) is 0. The van der Waals surface area contributed by atoms with Gasteiger partial charge in [0, 0.05) is 6.04 Å². The third-order valence-corrected chi connectivity index (χ3v) is 4.10. The lowest BCUT2D eigenvalue weighted by Crippen LogP contribution is -2.18. The SMILES string of the molecule is CCCC1CCCC(Nc2nncs2)CC1. The summed E-state index contributed by atoms with van der Waals surface area (Å²) in [5.41, 5.74) is 1.79. The van der Waals surface area contributed by atoms with Gasteiger partial charge < -0.3 is 5.32 Å². The van der Waals surface area contributed by atoms with E-state index in [1.807, 2.05) is 0 Å². The van der Waals surface area contributed by atoms with Gasteiger partial charge in [0.05, 0.1) is 0 Å². The van der Waals surface area contributed by atoms with Crippen molar-refractivity contribution in [1.82, 2.24) is 10.2 Å². The lowest BCUT2D eigenvalue weighted by Gasteiger charge is -2.15. The van der Waals surface area contributed by atoms with E-state index in [0.717, 1.165) is 11.0 Å². The fraction of sp³-hybridized carbons (Fsp3) is 0.833. The molecule has 0 bridgehead atoms. The Hall–Kier alpha value is -0.640. The summed E-state index contributed by atoms with van der Waals surface area (Å²) in [6.45, 7) is 2.29. The number of hydrogen-bond acceptors (Lipinski definition) is 4. The molecule has 1 aromatic rings. The molecule has 0 radical (unpaired) electrons. The number of aromatic nitrogens is 2. The summed E-state index contributed by atoms with van der Waals surface area (Å²) < 4.78 is 0. The molecule has 1 aliphatic rings. The Labute approximate surface area is 102 Å². The molecule has 0 amide bonds. The van der Waals surface area contributed by atoms with E-state index in [0.29, 0.717) is 6.04 Å². The number of hydrogen-bond donors (Lipinski definition) is 1. The Morgan fingerprint density at radius 3 is 3.06 bits per heavy atom. The maximum Gasteiger partial charge on any atom is 0.205 e. The minimum atomic E-state index is 0.620. The monoisotopic (exact) mass is 239 g/mol. The molecule has 90 valence electrons. The van der Waals surface area contributed by atoms with Crippen LogP contribution in [0.3, 0.4) is 0 Å². The summed E-state index contributed by atoms with van der Waals surface area (Å²) >= 11 is 1.60. The predicted molar refractivity (Wildman–Crippen MR) is 68.8 cm³/mol. The van der Waals surface area contributed by atoms with Crippen LogP contribution in [0, 0.1) is 5.92 Å². The molecule has 3 nitrogen and oxygen atoms in total. The molecule has 2 atom stereocenters. The largest absolute Gasteiger partial charge is 0.357 e. The van der Waals surface area contributed by atoms with Crippen molar-refractivity contribution in [1.29, 1.82) is 0 Å². The highest BCUT2D eigenvalue weighted by molar-refractivity contribution is 7.13. The second kappa shape index (κ2) is 6.18. The van der Waals surface area contributed by atoms with E-state index >= 15 is 0 Å². The van der Waals surface area contributed by atoms with Gasteiger partial charge in [0.2, 0.25) is 5.13 Å². The molecule has 1 N–H and O–H groups in total. The molecule has 2 unspecified atom stereocenters. The zero-order chi connectivity index (χ0) is 11.2. The van der Waals surface area contributed by atoms with Crippen LogP contribution in [-0.4, -0.2) is 16.2 Å². The molecular weight excluding hydrogens is 218 g/mol. The summed E-state index contributed by atoms with van der Waals surface area (Å²) in [6, 6.07) is 0.620. The molecular formula is C12H21N3S. The predicted octanol–water partition coefficient (Wildman–Crippen LogP) is 3.70. The molecule has 0 aromatic carbocycles. The highest BCUT2D eigenvalue weighted by Gasteiger charge is 2.18. The van der Waals surface area contributed by atoms with Gasteiger partial charge in [-0.2, -0.15) is 0 Å². The standard InChI is InChI=1S/C12H21N3S/c1-2-4-10-5-3-6-11(8-7-10)14-12-15-13-9-16-12/h9-11H,2-8H2,1H3,(H,14,15). The van der Waals surface area contributed by atoms with Crippen molar-refractivity contribution in [2.45, 2.75) is 57.9 Å². The number of nitrogens with one attached hydrogen (secondary N) is 1. The zero-order valence-corrected chi connectivity index (χ0v) is 10.8. The van der Waals surface area contributed by atoms with Gasteiger partial charge in [-0.05, 0) is 25.2 Å². The Bertz CT molecular complexity index is 286. The maximum absolute atomic E-state index is 4.05. The van der Waals surface area contributed by atoms with Gasteiger partial charge in [0.1, 0.15) is 5.51 Å². The van der Waals surface area contributed by atoms with Crippen molar-refractivity contribution >= 4 is 16.5 Å². The van der Waals surface area contributed by atoms with Crippen LogP contribution in [0.2, 0.25) is 0 Å². The van der Waals surface area contributed by atoms with Crippen molar-refractivity contribution in [3.8, 4) is 0 Å². The molecule has 1 saturated carbocycles. The van der Waals surface area contributed by atoms with E-state index < -0.39 is 0 Å². The zero-order valence-electron chi connectivity index (χ0n) is 9.98. The second-order valence-corrected chi connectivity index (χ2v) is 5.58. The Balaban J connectivity index is 1.80. The van der Waals surface area contributed by atoms with Gasteiger partial charge >= 0.3 is 0 Å².